The molecule has 0 aromatic heterocycles. The number of allylic oxidation sites excluding steroid dienone is 1. The average molecular weight is 464 g/mol. The highest BCUT2D eigenvalue weighted by Crippen LogP contribution is 2.45. The highest BCUT2D eigenvalue weighted by atomic mass is 16.4. The summed E-state index contributed by atoms with van der Waals surface area (Å²) in [5.41, 5.74) is -1.34. The maximum absolute atomic E-state index is 13.0. The lowest BCUT2D eigenvalue weighted by molar-refractivity contribution is -0.140. The molecule has 182 valence electrons. The smallest absolute Gasteiger partial charge is 0.330 e. The van der Waals surface area contributed by atoms with Crippen molar-refractivity contribution < 1.29 is 29.1 Å². The number of amides is 5. The molecule has 2 heterocycles. The fraction of sp³-hybridized carbons (Fsp3) is 0.682. The molecule has 5 N–H and O–H groups in total. The van der Waals surface area contributed by atoms with Gasteiger partial charge in [-0.3, -0.25) is 14.4 Å². The number of hydrogen-bond acceptors (Lipinski definition) is 5. The van der Waals surface area contributed by atoms with Crippen LogP contribution in [0.3, 0.4) is 0 Å². The first-order chi connectivity index (χ1) is 15.8. The van der Waals surface area contributed by atoms with Gasteiger partial charge in [0.25, 0.3) is 0 Å². The molecule has 0 aromatic carbocycles. The third-order valence-electron chi connectivity index (χ3n) is 6.61. The molecule has 1 saturated heterocycles. The van der Waals surface area contributed by atoms with E-state index in [0.717, 1.165) is 19.3 Å². The molecule has 0 bridgehead atoms. The van der Waals surface area contributed by atoms with Gasteiger partial charge < -0.3 is 31.3 Å². The predicted molar refractivity (Wildman–Crippen MR) is 118 cm³/mol. The van der Waals surface area contributed by atoms with Gasteiger partial charge in [0.2, 0.25) is 17.7 Å². The van der Waals surface area contributed by atoms with Crippen molar-refractivity contribution in [1.82, 2.24) is 26.2 Å². The summed E-state index contributed by atoms with van der Waals surface area (Å²) in [5.74, 6) is -2.60. The molecule has 4 atom stereocenters. The molecule has 1 aliphatic carbocycles. The molecule has 3 aliphatic rings. The number of nitrogens with zero attached hydrogens (tertiary/aromatic N) is 1. The van der Waals surface area contributed by atoms with E-state index in [1.165, 1.54) is 11.9 Å². The van der Waals surface area contributed by atoms with Crippen LogP contribution < -0.4 is 21.3 Å². The van der Waals surface area contributed by atoms with E-state index >= 15 is 0 Å². The first kappa shape index (κ1) is 24.5. The van der Waals surface area contributed by atoms with Crippen molar-refractivity contribution in [1.29, 1.82) is 0 Å². The van der Waals surface area contributed by atoms with Gasteiger partial charge in [-0.2, -0.15) is 0 Å². The third kappa shape index (κ3) is 5.82. The van der Waals surface area contributed by atoms with Crippen molar-refractivity contribution >= 4 is 29.7 Å². The number of urea groups is 1. The molecule has 1 saturated carbocycles. The SMILES string of the molecule is CNC(=O)CNC(=O)[C@@H]1CCCCC/C=C\C2CC2(C(=O)O)NC(=O)N2CCC[C@@H]2C(=O)N1. The quantitative estimate of drug-likeness (QED) is 0.366. The molecular formula is C22H33N5O6. The summed E-state index contributed by atoms with van der Waals surface area (Å²) in [4.78, 5) is 63.3. The second-order valence-electron chi connectivity index (χ2n) is 8.89. The summed E-state index contributed by atoms with van der Waals surface area (Å²) in [6, 6.07) is -2.20. The van der Waals surface area contributed by atoms with Gasteiger partial charge in [0, 0.05) is 19.5 Å². The van der Waals surface area contributed by atoms with Gasteiger partial charge in [-0.15, -0.1) is 0 Å². The van der Waals surface area contributed by atoms with Gasteiger partial charge in [0.15, 0.2) is 0 Å². The number of aliphatic carboxylic acids is 1. The Kier molecular flexibility index (Phi) is 7.93. The zero-order valence-electron chi connectivity index (χ0n) is 18.9. The Morgan fingerprint density at radius 1 is 1.18 bits per heavy atom. The Morgan fingerprint density at radius 2 is 1.97 bits per heavy atom. The largest absolute Gasteiger partial charge is 0.479 e. The van der Waals surface area contributed by atoms with Crippen LogP contribution in [0.25, 0.3) is 0 Å². The van der Waals surface area contributed by atoms with Crippen molar-refractivity contribution in [3.05, 3.63) is 12.2 Å². The maximum atomic E-state index is 13.0. The summed E-state index contributed by atoms with van der Waals surface area (Å²) >= 11 is 0. The number of carbonyl (C=O) groups is 5. The number of hydrogen-bond donors (Lipinski definition) is 5. The number of carboxylic acid groups (broad SMARTS) is 1. The minimum atomic E-state index is -1.34. The Morgan fingerprint density at radius 3 is 2.70 bits per heavy atom. The molecule has 0 aromatic rings. The van der Waals surface area contributed by atoms with Crippen molar-refractivity contribution in [2.24, 2.45) is 5.92 Å². The van der Waals surface area contributed by atoms with Crippen molar-refractivity contribution in [3.8, 4) is 0 Å². The van der Waals surface area contributed by atoms with Crippen molar-refractivity contribution in [2.75, 3.05) is 20.1 Å². The molecule has 2 aliphatic heterocycles. The fourth-order valence-electron chi connectivity index (χ4n) is 4.47. The lowest BCUT2D eigenvalue weighted by Crippen LogP contribution is -2.57. The Bertz CT molecular complexity index is 830. The monoisotopic (exact) mass is 463 g/mol. The second kappa shape index (κ2) is 10.7. The molecule has 3 rings (SSSR count). The number of nitrogens with one attached hydrogen (secondary N) is 4. The molecule has 11 nitrogen and oxygen atoms in total. The predicted octanol–water partition coefficient (Wildman–Crippen LogP) is -0.129. The van der Waals surface area contributed by atoms with E-state index in [-0.39, 0.29) is 18.4 Å². The minimum Gasteiger partial charge on any atom is -0.479 e. The van der Waals surface area contributed by atoms with Gasteiger partial charge in [-0.05, 0) is 38.5 Å². The van der Waals surface area contributed by atoms with Crippen molar-refractivity contribution in [3.63, 3.8) is 0 Å². The van der Waals surface area contributed by atoms with E-state index in [1.54, 1.807) is 0 Å². The summed E-state index contributed by atoms with van der Waals surface area (Å²) in [6.45, 7) is 0.135. The molecule has 33 heavy (non-hydrogen) atoms. The minimum absolute atomic E-state index is 0.192. The Hall–Kier alpha value is -3.11. The van der Waals surface area contributed by atoms with Crippen LogP contribution in [-0.4, -0.2) is 77.5 Å². The van der Waals surface area contributed by atoms with Crippen LogP contribution in [0.1, 0.15) is 51.4 Å². The third-order valence-corrected chi connectivity index (χ3v) is 6.61. The van der Waals surface area contributed by atoms with Gasteiger partial charge in [0.1, 0.15) is 17.6 Å². The van der Waals surface area contributed by atoms with Crippen molar-refractivity contribution in [2.45, 2.75) is 69.0 Å². The zero-order valence-corrected chi connectivity index (χ0v) is 18.9. The van der Waals surface area contributed by atoms with E-state index in [2.05, 4.69) is 21.3 Å². The molecule has 5 amide bonds. The summed E-state index contributed by atoms with van der Waals surface area (Å²) in [7, 11) is 1.47. The van der Waals surface area contributed by atoms with Gasteiger partial charge >= 0.3 is 12.0 Å². The number of fused-ring (bicyclic) bond motifs is 2. The number of carbonyl (C=O) groups excluding carboxylic acids is 4. The number of likely N-dealkylation sites (N-methyl/N-ethyl adjacent to an activating group) is 1. The first-order valence-corrected chi connectivity index (χ1v) is 11.6. The fourth-order valence-corrected chi connectivity index (χ4v) is 4.47. The Labute approximate surface area is 192 Å². The molecule has 0 spiro atoms. The maximum Gasteiger partial charge on any atom is 0.330 e. The van der Waals surface area contributed by atoms with Crippen LogP contribution in [0.4, 0.5) is 4.79 Å². The lowest BCUT2D eigenvalue weighted by Gasteiger charge is -2.28. The van der Waals surface area contributed by atoms with E-state index < -0.39 is 41.4 Å². The molecule has 2 unspecified atom stereocenters. The van der Waals surface area contributed by atoms with Crippen LogP contribution in [0, 0.1) is 5.92 Å². The van der Waals surface area contributed by atoms with E-state index in [0.29, 0.717) is 38.6 Å². The van der Waals surface area contributed by atoms with Crippen LogP contribution in [0.2, 0.25) is 0 Å². The topological polar surface area (TPSA) is 157 Å². The zero-order chi connectivity index (χ0) is 24.0. The first-order valence-electron chi connectivity index (χ1n) is 11.6. The second-order valence-corrected chi connectivity index (χ2v) is 8.89. The lowest BCUT2D eigenvalue weighted by atomic mass is 10.0. The summed E-state index contributed by atoms with van der Waals surface area (Å²) < 4.78 is 0. The van der Waals surface area contributed by atoms with Gasteiger partial charge in [0.05, 0.1) is 6.54 Å². The standard InChI is InChI=1S/C22H33N5O6/c1-23-17(28)13-24-18(29)15-9-6-4-2-3-5-8-14-12-22(14,20(31)32)26-21(33)27-11-7-10-16(27)19(30)25-15/h5,8,14-16H,2-4,6-7,9-13H2,1H3,(H,23,28)(H,24,29)(H,25,30)(H,26,33)(H,31,32)/b8-5-/t14?,15-,16+,22?/m0/s1. The highest BCUT2D eigenvalue weighted by Gasteiger charge is 2.61. The summed E-state index contributed by atoms with van der Waals surface area (Å²) in [6.07, 6.45) is 8.70. The summed E-state index contributed by atoms with van der Waals surface area (Å²) in [5, 5.41) is 20.1. The van der Waals surface area contributed by atoms with E-state index in [1.807, 2.05) is 12.2 Å². The Balaban J connectivity index is 1.75. The van der Waals surface area contributed by atoms with E-state index in [9.17, 15) is 29.1 Å². The normalized spacial score (nSPS) is 31.3. The average Bonchev–Trinajstić information content (AvgIpc) is 3.25. The molecule has 0 radical (unpaired) electrons. The molecular weight excluding hydrogens is 430 g/mol. The van der Waals surface area contributed by atoms with E-state index in [4.69, 9.17) is 0 Å². The number of rotatable bonds is 4. The van der Waals surface area contributed by atoms with Gasteiger partial charge in [-0.25, -0.2) is 9.59 Å². The van der Waals surface area contributed by atoms with Gasteiger partial charge in [-0.1, -0.05) is 25.0 Å². The van der Waals surface area contributed by atoms with Crippen LogP contribution in [-0.2, 0) is 19.2 Å². The van der Waals surface area contributed by atoms with Crippen LogP contribution in [0.5, 0.6) is 0 Å². The highest BCUT2D eigenvalue weighted by molar-refractivity contribution is 5.95. The molecule has 11 heteroatoms. The number of carboxylic acids is 1. The van der Waals surface area contributed by atoms with Crippen LogP contribution in [0.15, 0.2) is 12.2 Å². The molecule has 2 fully saturated rings. The van der Waals surface area contributed by atoms with Crippen LogP contribution >= 0.6 is 0 Å².